The Labute approximate surface area is 62.1 Å². The highest BCUT2D eigenvalue weighted by atomic mass is 16.1. The zero-order chi connectivity index (χ0) is 7.56. The van der Waals surface area contributed by atoms with Crippen molar-refractivity contribution in [1.29, 1.82) is 0 Å². The monoisotopic (exact) mass is 138 g/mol. The molecule has 1 heteroatoms. The van der Waals surface area contributed by atoms with Crippen LogP contribution < -0.4 is 0 Å². The average Bonchev–Trinajstić information content (AvgIpc) is 1.95. The van der Waals surface area contributed by atoms with Gasteiger partial charge in [-0.2, -0.15) is 0 Å². The second kappa shape index (κ2) is 3.00. The van der Waals surface area contributed by atoms with Crippen LogP contribution in [0.5, 0.6) is 0 Å². The van der Waals surface area contributed by atoms with E-state index in [9.17, 15) is 4.79 Å². The fraction of sp³-hybridized carbons (Fsp3) is 0.667. The SMILES string of the molecule is CC1C(C=O)=CCC[C@H]1C. The molecule has 0 N–H and O–H groups in total. The third-order valence-corrected chi connectivity index (χ3v) is 2.52. The molecule has 0 spiro atoms. The number of carbonyl (C=O) groups excluding carboxylic acids is 1. The van der Waals surface area contributed by atoms with Crippen molar-refractivity contribution in [3.63, 3.8) is 0 Å². The third-order valence-electron chi connectivity index (χ3n) is 2.52. The summed E-state index contributed by atoms with van der Waals surface area (Å²) < 4.78 is 0. The maximum atomic E-state index is 10.4. The lowest BCUT2D eigenvalue weighted by Gasteiger charge is -2.23. The molecule has 1 aliphatic carbocycles. The first kappa shape index (κ1) is 7.52. The molecule has 0 aromatic rings. The quantitative estimate of drug-likeness (QED) is 0.507. The molecule has 1 nitrogen and oxygen atoms in total. The van der Waals surface area contributed by atoms with Crippen LogP contribution in [0.2, 0.25) is 0 Å². The maximum Gasteiger partial charge on any atom is 0.145 e. The van der Waals surface area contributed by atoms with Gasteiger partial charge in [-0.05, 0) is 30.3 Å². The Balaban J connectivity index is 2.71. The molecule has 0 heterocycles. The zero-order valence-electron chi connectivity index (χ0n) is 6.63. The van der Waals surface area contributed by atoms with Gasteiger partial charge < -0.3 is 0 Å². The minimum absolute atomic E-state index is 0.478. The Bertz CT molecular complexity index is 158. The first-order chi connectivity index (χ1) is 4.75. The smallest absolute Gasteiger partial charge is 0.145 e. The van der Waals surface area contributed by atoms with Crippen LogP contribution >= 0.6 is 0 Å². The summed E-state index contributed by atoms with van der Waals surface area (Å²) >= 11 is 0. The van der Waals surface area contributed by atoms with Crippen LogP contribution in [0.3, 0.4) is 0 Å². The van der Waals surface area contributed by atoms with E-state index in [1.165, 1.54) is 6.42 Å². The molecule has 2 atom stereocenters. The van der Waals surface area contributed by atoms with E-state index in [4.69, 9.17) is 0 Å². The number of allylic oxidation sites excluding steroid dienone is 2. The molecule has 0 aliphatic heterocycles. The lowest BCUT2D eigenvalue weighted by atomic mass is 9.81. The van der Waals surface area contributed by atoms with Crippen molar-refractivity contribution in [2.75, 3.05) is 0 Å². The Morgan fingerprint density at radius 1 is 1.60 bits per heavy atom. The summed E-state index contributed by atoms with van der Waals surface area (Å²) in [6.45, 7) is 4.34. The van der Waals surface area contributed by atoms with Gasteiger partial charge in [-0.25, -0.2) is 0 Å². The predicted octanol–water partition coefficient (Wildman–Crippen LogP) is 2.18. The Morgan fingerprint density at radius 3 is 2.80 bits per heavy atom. The van der Waals surface area contributed by atoms with E-state index >= 15 is 0 Å². The molecule has 1 unspecified atom stereocenters. The fourth-order valence-electron chi connectivity index (χ4n) is 1.43. The standard InChI is InChI=1S/C9H14O/c1-7-4-3-5-9(6-10)8(7)2/h5-8H,3-4H2,1-2H3/t7-,8?/m1/s1. The molecule has 1 aliphatic rings. The molecule has 56 valence electrons. The van der Waals surface area contributed by atoms with E-state index in [2.05, 4.69) is 19.9 Å². The topological polar surface area (TPSA) is 17.1 Å². The van der Waals surface area contributed by atoms with Gasteiger partial charge in [0.05, 0.1) is 0 Å². The van der Waals surface area contributed by atoms with Crippen LogP contribution in [0.15, 0.2) is 11.6 Å². The van der Waals surface area contributed by atoms with E-state index in [0.717, 1.165) is 18.3 Å². The number of hydrogen-bond donors (Lipinski definition) is 0. The molecule has 0 fully saturated rings. The summed E-state index contributed by atoms with van der Waals surface area (Å²) in [5.74, 6) is 1.16. The normalized spacial score (nSPS) is 33.2. The summed E-state index contributed by atoms with van der Waals surface area (Å²) in [6.07, 6.45) is 5.38. The van der Waals surface area contributed by atoms with Crippen molar-refractivity contribution < 1.29 is 4.79 Å². The van der Waals surface area contributed by atoms with E-state index in [1.807, 2.05) is 0 Å². The molecule has 1 rings (SSSR count). The van der Waals surface area contributed by atoms with Crippen molar-refractivity contribution in [2.24, 2.45) is 11.8 Å². The fourth-order valence-corrected chi connectivity index (χ4v) is 1.43. The summed E-state index contributed by atoms with van der Waals surface area (Å²) in [7, 11) is 0. The largest absolute Gasteiger partial charge is 0.298 e. The number of carbonyl (C=O) groups is 1. The molecule has 0 aromatic carbocycles. The van der Waals surface area contributed by atoms with Gasteiger partial charge in [0, 0.05) is 0 Å². The molecular weight excluding hydrogens is 124 g/mol. The maximum absolute atomic E-state index is 10.4. The van der Waals surface area contributed by atoms with Crippen LogP contribution in [0.4, 0.5) is 0 Å². The lowest BCUT2D eigenvalue weighted by molar-refractivity contribution is -0.105. The zero-order valence-corrected chi connectivity index (χ0v) is 6.63. The molecule has 0 saturated carbocycles. The van der Waals surface area contributed by atoms with Crippen LogP contribution in [0.1, 0.15) is 26.7 Å². The van der Waals surface area contributed by atoms with E-state index in [-0.39, 0.29) is 0 Å². The van der Waals surface area contributed by atoms with Gasteiger partial charge in [0.25, 0.3) is 0 Å². The van der Waals surface area contributed by atoms with Crippen molar-refractivity contribution in [1.82, 2.24) is 0 Å². The van der Waals surface area contributed by atoms with Crippen LogP contribution in [0, 0.1) is 11.8 Å². The number of rotatable bonds is 1. The highest BCUT2D eigenvalue weighted by molar-refractivity contribution is 5.74. The molecule has 10 heavy (non-hydrogen) atoms. The second-order valence-electron chi connectivity index (χ2n) is 3.17. The minimum atomic E-state index is 0.478. The highest BCUT2D eigenvalue weighted by Gasteiger charge is 2.18. The van der Waals surface area contributed by atoms with Crippen molar-refractivity contribution in [3.05, 3.63) is 11.6 Å². The van der Waals surface area contributed by atoms with Gasteiger partial charge in [-0.3, -0.25) is 4.79 Å². The molecule has 0 bridgehead atoms. The summed E-state index contributed by atoms with van der Waals surface area (Å²) in [6, 6.07) is 0. The first-order valence-corrected chi connectivity index (χ1v) is 3.91. The van der Waals surface area contributed by atoms with Crippen molar-refractivity contribution in [3.8, 4) is 0 Å². The van der Waals surface area contributed by atoms with Gasteiger partial charge in [0.1, 0.15) is 6.29 Å². The first-order valence-electron chi connectivity index (χ1n) is 3.91. The third kappa shape index (κ3) is 1.28. The van der Waals surface area contributed by atoms with Gasteiger partial charge in [0.2, 0.25) is 0 Å². The summed E-state index contributed by atoms with van der Waals surface area (Å²) in [5, 5.41) is 0. The van der Waals surface area contributed by atoms with E-state index in [1.54, 1.807) is 0 Å². The van der Waals surface area contributed by atoms with Crippen molar-refractivity contribution >= 4 is 6.29 Å². The predicted molar refractivity (Wildman–Crippen MR) is 41.7 cm³/mol. The molecule has 0 radical (unpaired) electrons. The van der Waals surface area contributed by atoms with Gasteiger partial charge in [-0.1, -0.05) is 19.9 Å². The van der Waals surface area contributed by atoms with Gasteiger partial charge in [-0.15, -0.1) is 0 Å². The Hall–Kier alpha value is -0.590. The summed E-state index contributed by atoms with van der Waals surface area (Å²) in [4.78, 5) is 10.4. The van der Waals surface area contributed by atoms with Crippen LogP contribution in [-0.4, -0.2) is 6.29 Å². The van der Waals surface area contributed by atoms with Crippen LogP contribution in [0.25, 0.3) is 0 Å². The van der Waals surface area contributed by atoms with Crippen molar-refractivity contribution in [2.45, 2.75) is 26.7 Å². The average molecular weight is 138 g/mol. The molecule has 0 aromatic heterocycles. The lowest BCUT2D eigenvalue weighted by Crippen LogP contribution is -2.15. The number of aldehydes is 1. The molecule has 0 saturated heterocycles. The van der Waals surface area contributed by atoms with Gasteiger partial charge >= 0.3 is 0 Å². The van der Waals surface area contributed by atoms with Crippen LogP contribution in [-0.2, 0) is 4.79 Å². The summed E-state index contributed by atoms with van der Waals surface area (Å²) in [5.41, 5.74) is 0.999. The second-order valence-corrected chi connectivity index (χ2v) is 3.17. The molecular formula is C9H14O. The molecule has 0 amide bonds. The Kier molecular flexibility index (Phi) is 2.25. The van der Waals surface area contributed by atoms with E-state index in [0.29, 0.717) is 11.8 Å². The number of hydrogen-bond acceptors (Lipinski definition) is 1. The van der Waals surface area contributed by atoms with E-state index < -0.39 is 0 Å². The minimum Gasteiger partial charge on any atom is -0.298 e. The highest BCUT2D eigenvalue weighted by Crippen LogP contribution is 2.28. The van der Waals surface area contributed by atoms with Gasteiger partial charge in [0.15, 0.2) is 0 Å². The Morgan fingerprint density at radius 2 is 2.30 bits per heavy atom.